The summed E-state index contributed by atoms with van der Waals surface area (Å²) >= 11 is 1.85. The smallest absolute Gasteiger partial charge is 0.0727 e. The summed E-state index contributed by atoms with van der Waals surface area (Å²) in [5.74, 6) is 0.931. The van der Waals surface area contributed by atoms with Crippen molar-refractivity contribution in [1.82, 2.24) is 15.1 Å². The zero-order valence-electron chi connectivity index (χ0n) is 11.2. The number of rotatable bonds is 6. The molecule has 3 rings (SSSR count). The molecule has 0 bridgehead atoms. The van der Waals surface area contributed by atoms with Gasteiger partial charge in [0, 0.05) is 36.5 Å². The Labute approximate surface area is 118 Å². The third-order valence-corrected chi connectivity index (χ3v) is 4.25. The maximum Gasteiger partial charge on any atom is 0.0727 e. The Kier molecular flexibility index (Phi) is 3.89. The van der Waals surface area contributed by atoms with Crippen LogP contribution in [0.3, 0.4) is 0 Å². The number of nitrogens with zero attached hydrogens (tertiary/aromatic N) is 2. The van der Waals surface area contributed by atoms with Crippen LogP contribution in [-0.2, 0) is 19.3 Å². The van der Waals surface area contributed by atoms with E-state index in [0.29, 0.717) is 0 Å². The van der Waals surface area contributed by atoms with E-state index in [4.69, 9.17) is 0 Å². The lowest BCUT2D eigenvalue weighted by Crippen LogP contribution is -2.15. The molecule has 3 nitrogen and oxygen atoms in total. The van der Waals surface area contributed by atoms with Gasteiger partial charge >= 0.3 is 0 Å². The third kappa shape index (κ3) is 3.85. The first kappa shape index (κ1) is 12.8. The minimum Gasteiger partial charge on any atom is -0.310 e. The summed E-state index contributed by atoms with van der Waals surface area (Å²) in [7, 11) is 1.96. The summed E-state index contributed by atoms with van der Waals surface area (Å²) in [4.78, 5) is 1.32. The number of hydrogen-bond acceptors (Lipinski definition) is 3. The van der Waals surface area contributed by atoms with Crippen molar-refractivity contribution in [2.45, 2.75) is 36.1 Å². The molecule has 0 atom stereocenters. The van der Waals surface area contributed by atoms with Gasteiger partial charge in [0.1, 0.15) is 0 Å². The van der Waals surface area contributed by atoms with Gasteiger partial charge in [-0.1, -0.05) is 12.1 Å². The lowest BCUT2D eigenvalue weighted by Gasteiger charge is -2.05. The van der Waals surface area contributed by atoms with E-state index in [2.05, 4.69) is 40.7 Å². The zero-order chi connectivity index (χ0) is 13.1. The number of benzene rings is 1. The summed E-state index contributed by atoms with van der Waals surface area (Å²) in [6.07, 6.45) is 4.67. The van der Waals surface area contributed by atoms with Crippen LogP contribution in [0.4, 0.5) is 0 Å². The second-order valence-electron chi connectivity index (χ2n) is 5.07. The van der Waals surface area contributed by atoms with Crippen molar-refractivity contribution in [2.75, 3.05) is 0 Å². The molecule has 0 amide bonds. The Hall–Kier alpha value is -1.26. The summed E-state index contributed by atoms with van der Waals surface area (Å²) in [6.45, 7) is 0.989. The molecule has 0 saturated heterocycles. The van der Waals surface area contributed by atoms with Crippen LogP contribution < -0.4 is 5.32 Å². The molecule has 19 heavy (non-hydrogen) atoms. The summed E-state index contributed by atoms with van der Waals surface area (Å²) < 4.78 is 1.85. The van der Waals surface area contributed by atoms with Crippen molar-refractivity contribution in [2.24, 2.45) is 7.05 Å². The number of hydrogen-bond donors (Lipinski definition) is 1. The van der Waals surface area contributed by atoms with Crippen LogP contribution in [0.15, 0.2) is 41.4 Å². The molecule has 100 valence electrons. The second kappa shape index (κ2) is 5.80. The van der Waals surface area contributed by atoms with E-state index in [1.165, 1.54) is 23.3 Å². The SMILES string of the molecule is Cn1ccc(CSc2cccc(CNC3CC3)c2)n1. The fourth-order valence-electron chi connectivity index (χ4n) is 1.99. The lowest BCUT2D eigenvalue weighted by molar-refractivity contribution is 0.687. The Morgan fingerprint density at radius 2 is 2.26 bits per heavy atom. The van der Waals surface area contributed by atoms with E-state index < -0.39 is 0 Å². The van der Waals surface area contributed by atoms with Crippen LogP contribution in [0.1, 0.15) is 24.1 Å². The highest BCUT2D eigenvalue weighted by molar-refractivity contribution is 7.98. The van der Waals surface area contributed by atoms with Gasteiger partial charge in [-0.15, -0.1) is 11.8 Å². The fraction of sp³-hybridized carbons (Fsp3) is 0.400. The average Bonchev–Trinajstić information content (AvgIpc) is 3.16. The molecule has 1 heterocycles. The molecule has 0 unspecified atom stereocenters. The van der Waals surface area contributed by atoms with Gasteiger partial charge in [-0.3, -0.25) is 4.68 Å². The quantitative estimate of drug-likeness (QED) is 0.821. The van der Waals surface area contributed by atoms with Crippen molar-refractivity contribution in [1.29, 1.82) is 0 Å². The highest BCUT2D eigenvalue weighted by Crippen LogP contribution is 2.24. The normalized spacial score (nSPS) is 14.8. The average molecular weight is 273 g/mol. The van der Waals surface area contributed by atoms with Crippen LogP contribution in [-0.4, -0.2) is 15.8 Å². The molecule has 1 N–H and O–H groups in total. The van der Waals surface area contributed by atoms with Crippen LogP contribution >= 0.6 is 11.8 Å². The Morgan fingerprint density at radius 3 is 3.00 bits per heavy atom. The van der Waals surface area contributed by atoms with Gasteiger partial charge in [-0.2, -0.15) is 5.10 Å². The fourth-order valence-corrected chi connectivity index (χ4v) is 2.87. The number of thioether (sulfide) groups is 1. The van der Waals surface area contributed by atoms with Crippen LogP contribution in [0.2, 0.25) is 0 Å². The Balaban J connectivity index is 1.55. The maximum atomic E-state index is 4.40. The van der Waals surface area contributed by atoms with E-state index in [0.717, 1.165) is 24.0 Å². The summed E-state index contributed by atoms with van der Waals surface area (Å²) in [6, 6.07) is 11.6. The predicted molar refractivity (Wildman–Crippen MR) is 79.1 cm³/mol. The molecule has 1 aliphatic carbocycles. The van der Waals surface area contributed by atoms with E-state index in [1.807, 2.05) is 29.7 Å². The van der Waals surface area contributed by atoms with Gasteiger partial charge in [0.15, 0.2) is 0 Å². The molecule has 1 aliphatic rings. The monoisotopic (exact) mass is 273 g/mol. The maximum absolute atomic E-state index is 4.40. The first-order valence-corrected chi connectivity index (χ1v) is 7.72. The Bertz CT molecular complexity index is 546. The van der Waals surface area contributed by atoms with E-state index >= 15 is 0 Å². The van der Waals surface area contributed by atoms with Crippen molar-refractivity contribution in [3.05, 3.63) is 47.8 Å². The molecule has 1 aromatic carbocycles. The summed E-state index contributed by atoms with van der Waals surface area (Å²) in [5, 5.41) is 7.95. The minimum atomic E-state index is 0.768. The lowest BCUT2D eigenvalue weighted by atomic mass is 10.2. The van der Waals surface area contributed by atoms with Gasteiger partial charge < -0.3 is 5.32 Å². The van der Waals surface area contributed by atoms with Gasteiger partial charge in [-0.05, 0) is 36.6 Å². The van der Waals surface area contributed by atoms with Crippen LogP contribution in [0, 0.1) is 0 Å². The van der Waals surface area contributed by atoms with E-state index in [9.17, 15) is 0 Å². The highest BCUT2D eigenvalue weighted by Gasteiger charge is 2.19. The molecule has 4 heteroatoms. The first-order chi connectivity index (χ1) is 9.29. The van der Waals surface area contributed by atoms with Gasteiger partial charge in [0.25, 0.3) is 0 Å². The standard InChI is InChI=1S/C15H19N3S/c1-18-8-7-14(17-18)11-19-15-4-2-3-12(9-15)10-16-13-5-6-13/h2-4,7-9,13,16H,5-6,10-11H2,1H3. The van der Waals surface area contributed by atoms with E-state index in [-0.39, 0.29) is 0 Å². The second-order valence-corrected chi connectivity index (χ2v) is 6.12. The first-order valence-electron chi connectivity index (χ1n) is 6.73. The minimum absolute atomic E-state index is 0.768. The predicted octanol–water partition coefficient (Wildman–Crippen LogP) is 2.96. The molecule has 1 saturated carbocycles. The largest absolute Gasteiger partial charge is 0.310 e. The zero-order valence-corrected chi connectivity index (χ0v) is 12.0. The number of nitrogens with one attached hydrogen (secondary N) is 1. The third-order valence-electron chi connectivity index (χ3n) is 3.23. The number of aromatic nitrogens is 2. The van der Waals surface area contributed by atoms with Gasteiger partial charge in [0.2, 0.25) is 0 Å². The highest BCUT2D eigenvalue weighted by atomic mass is 32.2. The van der Waals surface area contributed by atoms with Crippen molar-refractivity contribution in [3.8, 4) is 0 Å². The van der Waals surface area contributed by atoms with Gasteiger partial charge in [0.05, 0.1) is 5.69 Å². The Morgan fingerprint density at radius 1 is 1.37 bits per heavy atom. The molecule has 0 aliphatic heterocycles. The molecule has 0 spiro atoms. The van der Waals surface area contributed by atoms with Crippen LogP contribution in [0.5, 0.6) is 0 Å². The van der Waals surface area contributed by atoms with Crippen LogP contribution in [0.25, 0.3) is 0 Å². The van der Waals surface area contributed by atoms with E-state index in [1.54, 1.807) is 0 Å². The van der Waals surface area contributed by atoms with Crippen molar-refractivity contribution >= 4 is 11.8 Å². The molecule has 0 radical (unpaired) electrons. The molecule has 1 aromatic heterocycles. The van der Waals surface area contributed by atoms with Gasteiger partial charge in [-0.25, -0.2) is 0 Å². The number of aryl methyl sites for hydroxylation is 1. The van der Waals surface area contributed by atoms with Crippen molar-refractivity contribution < 1.29 is 0 Å². The molecule has 2 aromatic rings. The molecule has 1 fully saturated rings. The summed E-state index contributed by atoms with van der Waals surface area (Å²) in [5.41, 5.74) is 2.51. The van der Waals surface area contributed by atoms with Crippen molar-refractivity contribution in [3.63, 3.8) is 0 Å². The molecular formula is C15H19N3S. The molecular weight excluding hydrogens is 254 g/mol. The topological polar surface area (TPSA) is 29.9 Å².